The Labute approximate surface area is 117 Å². The van der Waals surface area contributed by atoms with Crippen molar-refractivity contribution in [2.75, 3.05) is 5.32 Å². The van der Waals surface area contributed by atoms with Crippen molar-refractivity contribution in [3.8, 4) is 0 Å². The Balaban J connectivity index is 2.64. The molecule has 0 aliphatic carbocycles. The topological polar surface area (TPSA) is 112 Å². The van der Waals surface area contributed by atoms with Gasteiger partial charge in [-0.15, -0.1) is 0 Å². The Morgan fingerprint density at radius 2 is 2.15 bits per heavy atom. The zero-order valence-electron chi connectivity index (χ0n) is 11.2. The number of hydrogen-bond donors (Lipinski definition) is 4. The molecule has 0 spiro atoms. The summed E-state index contributed by atoms with van der Waals surface area (Å²) < 4.78 is 0. The third-order valence-electron chi connectivity index (χ3n) is 2.74. The minimum absolute atomic E-state index is 0.307. The Hall–Kier alpha value is -2.15. The Morgan fingerprint density at radius 3 is 2.70 bits per heavy atom. The standard InChI is InChI=1S/C13H19N3O4/c1-2-3-6-9(15-13(19)20)11(17)12(18)16-10-7-4-5-8-14-10/h4-5,7-9,11,15,17H,2-3,6H2,1H3,(H,19,20)(H,14,16,18)/t9-,11?/m0/s1. The summed E-state index contributed by atoms with van der Waals surface area (Å²) in [7, 11) is 0. The summed E-state index contributed by atoms with van der Waals surface area (Å²) in [5.74, 6) is -0.375. The Morgan fingerprint density at radius 1 is 1.40 bits per heavy atom. The van der Waals surface area contributed by atoms with Gasteiger partial charge in [0.2, 0.25) is 0 Å². The highest BCUT2D eigenvalue weighted by Crippen LogP contribution is 2.08. The van der Waals surface area contributed by atoms with Crippen LogP contribution in [-0.2, 0) is 4.79 Å². The summed E-state index contributed by atoms with van der Waals surface area (Å²) in [4.78, 5) is 26.5. The zero-order valence-corrected chi connectivity index (χ0v) is 11.2. The zero-order chi connectivity index (χ0) is 15.0. The predicted molar refractivity (Wildman–Crippen MR) is 73.3 cm³/mol. The molecule has 110 valence electrons. The van der Waals surface area contributed by atoms with Crippen LogP contribution in [0.3, 0.4) is 0 Å². The van der Waals surface area contributed by atoms with Gasteiger partial charge in [0.05, 0.1) is 6.04 Å². The highest BCUT2D eigenvalue weighted by Gasteiger charge is 2.27. The van der Waals surface area contributed by atoms with Crippen molar-refractivity contribution in [2.45, 2.75) is 38.3 Å². The molecular formula is C13H19N3O4. The number of aromatic nitrogens is 1. The number of aliphatic hydroxyl groups is 1. The first-order chi connectivity index (χ1) is 9.54. The number of carboxylic acid groups (broad SMARTS) is 1. The predicted octanol–water partition coefficient (Wildman–Crippen LogP) is 1.21. The first-order valence-electron chi connectivity index (χ1n) is 6.44. The molecule has 2 atom stereocenters. The summed E-state index contributed by atoms with van der Waals surface area (Å²) >= 11 is 0. The van der Waals surface area contributed by atoms with Gasteiger partial charge >= 0.3 is 6.09 Å². The maximum absolute atomic E-state index is 11.9. The van der Waals surface area contributed by atoms with Gasteiger partial charge in [0.25, 0.3) is 5.91 Å². The number of anilines is 1. The number of amides is 2. The number of carbonyl (C=O) groups is 2. The number of rotatable bonds is 7. The second-order valence-electron chi connectivity index (χ2n) is 4.35. The van der Waals surface area contributed by atoms with Gasteiger partial charge in [-0.25, -0.2) is 9.78 Å². The SMILES string of the molecule is CCCC[C@H](NC(=O)O)C(O)C(=O)Nc1ccccn1. The molecule has 0 radical (unpaired) electrons. The van der Waals surface area contributed by atoms with Crippen molar-refractivity contribution in [1.82, 2.24) is 10.3 Å². The number of pyridine rings is 1. The van der Waals surface area contributed by atoms with E-state index in [1.54, 1.807) is 18.2 Å². The van der Waals surface area contributed by atoms with E-state index < -0.39 is 24.1 Å². The molecule has 0 bridgehead atoms. The van der Waals surface area contributed by atoms with Gasteiger partial charge in [0.1, 0.15) is 5.82 Å². The van der Waals surface area contributed by atoms with Crippen LogP contribution < -0.4 is 10.6 Å². The Kier molecular flexibility index (Phi) is 6.45. The quantitative estimate of drug-likeness (QED) is 0.600. The number of nitrogens with one attached hydrogen (secondary N) is 2. The van der Waals surface area contributed by atoms with Crippen LogP contribution in [0.1, 0.15) is 26.2 Å². The van der Waals surface area contributed by atoms with Gasteiger partial charge in [-0.2, -0.15) is 0 Å². The summed E-state index contributed by atoms with van der Waals surface area (Å²) in [6.07, 6.45) is 0.715. The summed E-state index contributed by atoms with van der Waals surface area (Å²) in [6.45, 7) is 1.94. The van der Waals surface area contributed by atoms with E-state index in [2.05, 4.69) is 15.6 Å². The molecule has 2 amide bonds. The normalized spacial score (nSPS) is 13.3. The molecule has 7 heteroatoms. The monoisotopic (exact) mass is 281 g/mol. The van der Waals surface area contributed by atoms with E-state index in [-0.39, 0.29) is 0 Å². The van der Waals surface area contributed by atoms with Crippen LogP contribution in [0.4, 0.5) is 10.6 Å². The maximum atomic E-state index is 11.9. The number of carbonyl (C=O) groups excluding carboxylic acids is 1. The van der Waals surface area contributed by atoms with E-state index in [0.717, 1.165) is 6.42 Å². The highest BCUT2D eigenvalue weighted by molar-refractivity contribution is 5.93. The lowest BCUT2D eigenvalue weighted by molar-refractivity contribution is -0.125. The fraction of sp³-hybridized carbons (Fsp3) is 0.462. The van der Waals surface area contributed by atoms with Crippen molar-refractivity contribution in [2.24, 2.45) is 0 Å². The van der Waals surface area contributed by atoms with Gasteiger partial charge in [0.15, 0.2) is 6.10 Å². The van der Waals surface area contributed by atoms with Gasteiger partial charge in [0, 0.05) is 6.20 Å². The van der Waals surface area contributed by atoms with Crippen LogP contribution in [0.5, 0.6) is 0 Å². The summed E-state index contributed by atoms with van der Waals surface area (Å²) in [5.41, 5.74) is 0. The van der Waals surface area contributed by atoms with Crippen molar-refractivity contribution in [3.05, 3.63) is 24.4 Å². The molecule has 1 unspecified atom stereocenters. The molecular weight excluding hydrogens is 262 g/mol. The van der Waals surface area contributed by atoms with E-state index in [9.17, 15) is 14.7 Å². The molecule has 0 aromatic carbocycles. The average Bonchev–Trinajstić information content (AvgIpc) is 2.43. The van der Waals surface area contributed by atoms with Crippen molar-refractivity contribution >= 4 is 17.8 Å². The molecule has 1 heterocycles. The fourth-order valence-electron chi connectivity index (χ4n) is 1.71. The second-order valence-corrected chi connectivity index (χ2v) is 4.35. The molecule has 1 aromatic rings. The summed E-state index contributed by atoms with van der Waals surface area (Å²) in [6, 6.07) is 4.13. The van der Waals surface area contributed by atoms with E-state index in [0.29, 0.717) is 18.7 Å². The molecule has 0 saturated heterocycles. The maximum Gasteiger partial charge on any atom is 0.404 e. The molecule has 4 N–H and O–H groups in total. The van der Waals surface area contributed by atoms with E-state index >= 15 is 0 Å². The molecule has 1 aromatic heterocycles. The summed E-state index contributed by atoms with van der Waals surface area (Å²) in [5, 5.41) is 23.3. The van der Waals surface area contributed by atoms with Crippen LogP contribution >= 0.6 is 0 Å². The molecule has 0 saturated carbocycles. The van der Waals surface area contributed by atoms with Crippen LogP contribution in [0.15, 0.2) is 24.4 Å². The van der Waals surface area contributed by atoms with Crippen LogP contribution in [0.2, 0.25) is 0 Å². The first kappa shape index (κ1) is 15.9. The second kappa shape index (κ2) is 8.11. The number of unbranched alkanes of at least 4 members (excludes halogenated alkanes) is 1. The molecule has 20 heavy (non-hydrogen) atoms. The highest BCUT2D eigenvalue weighted by atomic mass is 16.4. The molecule has 0 fully saturated rings. The Bertz CT molecular complexity index is 439. The molecule has 1 rings (SSSR count). The van der Waals surface area contributed by atoms with Crippen molar-refractivity contribution in [1.29, 1.82) is 0 Å². The van der Waals surface area contributed by atoms with Gasteiger partial charge < -0.3 is 20.8 Å². The van der Waals surface area contributed by atoms with Gasteiger partial charge in [-0.3, -0.25) is 4.79 Å². The number of aliphatic hydroxyl groups excluding tert-OH is 1. The number of hydrogen-bond acceptors (Lipinski definition) is 4. The lowest BCUT2D eigenvalue weighted by Crippen LogP contribution is -2.48. The lowest BCUT2D eigenvalue weighted by atomic mass is 10.0. The van der Waals surface area contributed by atoms with E-state index in [4.69, 9.17) is 5.11 Å². The fourth-order valence-corrected chi connectivity index (χ4v) is 1.71. The van der Waals surface area contributed by atoms with Gasteiger partial charge in [-0.05, 0) is 18.6 Å². The third-order valence-corrected chi connectivity index (χ3v) is 2.74. The molecule has 0 aliphatic rings. The smallest absolute Gasteiger partial charge is 0.404 e. The van der Waals surface area contributed by atoms with Crippen molar-refractivity contribution < 1.29 is 19.8 Å². The third kappa shape index (κ3) is 5.23. The van der Waals surface area contributed by atoms with E-state index in [1.807, 2.05) is 6.92 Å². The van der Waals surface area contributed by atoms with E-state index in [1.165, 1.54) is 6.20 Å². The average molecular weight is 281 g/mol. The molecule has 0 aliphatic heterocycles. The minimum atomic E-state index is -1.46. The van der Waals surface area contributed by atoms with Gasteiger partial charge in [-0.1, -0.05) is 25.8 Å². The van der Waals surface area contributed by atoms with Crippen LogP contribution in [-0.4, -0.2) is 39.3 Å². The lowest BCUT2D eigenvalue weighted by Gasteiger charge is -2.21. The minimum Gasteiger partial charge on any atom is -0.465 e. The largest absolute Gasteiger partial charge is 0.465 e. The van der Waals surface area contributed by atoms with Crippen LogP contribution in [0, 0.1) is 0 Å². The molecule has 7 nitrogen and oxygen atoms in total. The first-order valence-corrected chi connectivity index (χ1v) is 6.44. The van der Waals surface area contributed by atoms with Crippen LogP contribution in [0.25, 0.3) is 0 Å². The van der Waals surface area contributed by atoms with Crippen molar-refractivity contribution in [3.63, 3.8) is 0 Å². The number of nitrogens with zero attached hydrogens (tertiary/aromatic N) is 1.